The summed E-state index contributed by atoms with van der Waals surface area (Å²) in [5.41, 5.74) is 10.3. The van der Waals surface area contributed by atoms with Gasteiger partial charge >= 0.3 is 0 Å². The predicted molar refractivity (Wildman–Crippen MR) is 240 cm³/mol. The van der Waals surface area contributed by atoms with Crippen molar-refractivity contribution < 1.29 is 0 Å². The van der Waals surface area contributed by atoms with Gasteiger partial charge in [0.1, 0.15) is 5.82 Å². The third kappa shape index (κ3) is 4.57. The van der Waals surface area contributed by atoms with Crippen molar-refractivity contribution >= 4 is 81.7 Å². The molecule has 0 saturated carbocycles. The summed E-state index contributed by atoms with van der Waals surface area (Å²) < 4.78 is 4.71. The second-order valence-corrected chi connectivity index (χ2v) is 14.8. The lowest BCUT2D eigenvalue weighted by molar-refractivity contribution is 1.08. The van der Waals surface area contributed by atoms with Crippen LogP contribution in [0, 0.1) is 6.57 Å². The second kappa shape index (κ2) is 12.5. The first-order valence-corrected chi connectivity index (χ1v) is 19.5. The molecule has 0 aliphatic carbocycles. The third-order valence-corrected chi connectivity index (χ3v) is 11.7. The maximum absolute atomic E-state index is 7.87. The maximum atomic E-state index is 7.87. The van der Waals surface area contributed by atoms with Crippen molar-refractivity contribution in [2.45, 2.75) is 0 Å². The Bertz CT molecular complexity index is 3700. The Balaban J connectivity index is 1.20. The van der Waals surface area contributed by atoms with E-state index in [2.05, 4.69) is 172 Å². The smallest absolute Gasteiger partial charge is 0.194 e. The summed E-state index contributed by atoms with van der Waals surface area (Å²) in [6.45, 7) is 7.87. The molecule has 0 aliphatic rings. The number of hydrogen-bond donors (Lipinski definition) is 0. The van der Waals surface area contributed by atoms with Crippen LogP contribution in [0.15, 0.2) is 188 Å². The Labute approximate surface area is 333 Å². The molecule has 0 aliphatic heterocycles. The molecule has 12 aromatic rings. The zero-order valence-electron chi connectivity index (χ0n) is 31.1. The molecule has 0 amide bonds. The van der Waals surface area contributed by atoms with Crippen LogP contribution in [-0.4, -0.2) is 19.1 Å². The summed E-state index contributed by atoms with van der Waals surface area (Å²) in [7, 11) is 0. The number of hydrogen-bond acceptors (Lipinski definition) is 2. The predicted octanol–water partition coefficient (Wildman–Crippen LogP) is 14.0. The number of aromatic nitrogens is 4. The zero-order valence-corrected chi connectivity index (χ0v) is 31.1. The van der Waals surface area contributed by atoms with Gasteiger partial charge in [-0.05, 0) is 69.8 Å². The van der Waals surface area contributed by atoms with Crippen molar-refractivity contribution in [1.29, 1.82) is 0 Å². The van der Waals surface area contributed by atoms with Crippen LogP contribution in [0.4, 0.5) is 5.69 Å². The van der Waals surface area contributed by atoms with Gasteiger partial charge in [-0.3, -0.25) is 4.57 Å². The summed E-state index contributed by atoms with van der Waals surface area (Å²) in [6.07, 6.45) is 0. The van der Waals surface area contributed by atoms with E-state index in [1.54, 1.807) is 0 Å². The van der Waals surface area contributed by atoms with E-state index in [-0.39, 0.29) is 0 Å². The molecule has 3 aromatic heterocycles. The third-order valence-electron chi connectivity index (χ3n) is 11.7. The van der Waals surface area contributed by atoms with E-state index in [1.165, 1.54) is 38.3 Å². The van der Waals surface area contributed by atoms with E-state index in [0.717, 1.165) is 65.9 Å². The molecule has 0 N–H and O–H groups in total. The molecular weight excluding hydrogens is 707 g/mol. The monoisotopic (exact) mass is 737 g/mol. The highest BCUT2D eigenvalue weighted by Gasteiger charge is 2.23. The minimum atomic E-state index is 0.614. The van der Waals surface area contributed by atoms with Gasteiger partial charge in [-0.15, -0.1) is 0 Å². The molecular formula is C53H31N5. The van der Waals surface area contributed by atoms with Gasteiger partial charge in [-0.1, -0.05) is 146 Å². The summed E-state index contributed by atoms with van der Waals surface area (Å²) in [5, 5.41) is 9.75. The molecule has 9 aromatic carbocycles. The van der Waals surface area contributed by atoms with Gasteiger partial charge in [0.2, 0.25) is 0 Å². The van der Waals surface area contributed by atoms with E-state index in [9.17, 15) is 0 Å². The highest BCUT2D eigenvalue weighted by Crippen LogP contribution is 2.45. The Morgan fingerprint density at radius 2 is 0.948 bits per heavy atom. The molecule has 58 heavy (non-hydrogen) atoms. The summed E-state index contributed by atoms with van der Waals surface area (Å²) in [4.78, 5) is 14.7. The Hall–Kier alpha value is -8.07. The average molecular weight is 738 g/mol. The molecule has 3 heterocycles. The standard InChI is InChI=1S/C53H31N5/c1-54-44-32-31-40(36-19-7-8-20-37(36)44)52-55-51-35-18-6-5-15-33(35)29-30-43(51)53(56-52)58-46-26-12-10-22-42(46)50-39(24-14-28-48(50)58)38-23-13-27-47-49(38)41-21-9-11-25-45(41)57(47)34-16-3-2-4-17-34/h2-32H. The lowest BCUT2D eigenvalue weighted by atomic mass is 9.95. The van der Waals surface area contributed by atoms with Gasteiger partial charge in [0.15, 0.2) is 11.5 Å². The van der Waals surface area contributed by atoms with Crippen LogP contribution in [0.3, 0.4) is 0 Å². The quantitative estimate of drug-likeness (QED) is 0.133. The molecule has 268 valence electrons. The lowest BCUT2D eigenvalue weighted by Gasteiger charge is -2.15. The molecule has 0 fully saturated rings. The molecule has 0 atom stereocenters. The van der Waals surface area contributed by atoms with Crippen LogP contribution in [0.25, 0.3) is 115 Å². The van der Waals surface area contributed by atoms with Gasteiger partial charge in [0, 0.05) is 43.6 Å². The molecule has 0 unspecified atom stereocenters. The minimum absolute atomic E-state index is 0.614. The summed E-state index contributed by atoms with van der Waals surface area (Å²) in [6, 6.07) is 66.2. The van der Waals surface area contributed by atoms with E-state index in [4.69, 9.17) is 16.5 Å². The lowest BCUT2D eigenvalue weighted by Crippen LogP contribution is -2.03. The van der Waals surface area contributed by atoms with Crippen LogP contribution in [-0.2, 0) is 0 Å². The Morgan fingerprint density at radius 1 is 0.379 bits per heavy atom. The molecule has 12 rings (SSSR count). The Kier molecular flexibility index (Phi) is 6.92. The van der Waals surface area contributed by atoms with Crippen LogP contribution in [0.5, 0.6) is 0 Å². The first-order chi connectivity index (χ1) is 28.8. The molecule has 5 nitrogen and oxygen atoms in total. The topological polar surface area (TPSA) is 40.0 Å². The largest absolute Gasteiger partial charge is 0.309 e. The summed E-state index contributed by atoms with van der Waals surface area (Å²) in [5.74, 6) is 1.43. The van der Waals surface area contributed by atoms with Crippen LogP contribution >= 0.6 is 0 Å². The van der Waals surface area contributed by atoms with Crippen LogP contribution in [0.2, 0.25) is 0 Å². The first-order valence-electron chi connectivity index (χ1n) is 19.5. The average Bonchev–Trinajstić information content (AvgIpc) is 3.82. The number of benzene rings is 9. The Morgan fingerprint density at radius 3 is 1.66 bits per heavy atom. The summed E-state index contributed by atoms with van der Waals surface area (Å²) >= 11 is 0. The van der Waals surface area contributed by atoms with Crippen LogP contribution in [0.1, 0.15) is 0 Å². The van der Waals surface area contributed by atoms with E-state index >= 15 is 0 Å². The van der Waals surface area contributed by atoms with Crippen molar-refractivity contribution in [3.05, 3.63) is 199 Å². The fourth-order valence-electron chi connectivity index (χ4n) is 9.28. The van der Waals surface area contributed by atoms with E-state index in [0.29, 0.717) is 11.5 Å². The van der Waals surface area contributed by atoms with Gasteiger partial charge in [0.05, 0.1) is 34.2 Å². The number of nitrogens with zero attached hydrogens (tertiary/aromatic N) is 5. The van der Waals surface area contributed by atoms with Crippen molar-refractivity contribution in [3.8, 4) is 34.0 Å². The fourth-order valence-corrected chi connectivity index (χ4v) is 9.28. The van der Waals surface area contributed by atoms with Crippen molar-refractivity contribution in [3.63, 3.8) is 0 Å². The van der Waals surface area contributed by atoms with Crippen LogP contribution < -0.4 is 0 Å². The number of fused-ring (bicyclic) bond motifs is 10. The van der Waals surface area contributed by atoms with Gasteiger partial charge < -0.3 is 4.57 Å². The molecule has 0 radical (unpaired) electrons. The maximum Gasteiger partial charge on any atom is 0.194 e. The van der Waals surface area contributed by atoms with Gasteiger partial charge in [-0.25, -0.2) is 14.8 Å². The SMILES string of the molecule is [C-]#[N+]c1ccc(-c2nc(-n3c4ccccc4c4c(-c5cccc6c5c5ccccc5n6-c5ccccc5)cccc43)c3ccc4ccccc4c3n2)c2ccccc12. The number of rotatable bonds is 4. The van der Waals surface area contributed by atoms with E-state index in [1.807, 2.05) is 30.3 Å². The van der Waals surface area contributed by atoms with Crippen molar-refractivity contribution in [2.24, 2.45) is 0 Å². The second-order valence-electron chi connectivity index (χ2n) is 14.8. The van der Waals surface area contributed by atoms with Gasteiger partial charge in [-0.2, -0.15) is 0 Å². The zero-order chi connectivity index (χ0) is 38.3. The molecule has 0 bridgehead atoms. The molecule has 0 spiro atoms. The number of para-hydroxylation sites is 3. The van der Waals surface area contributed by atoms with Crippen molar-refractivity contribution in [2.75, 3.05) is 0 Å². The fraction of sp³-hybridized carbons (Fsp3) is 0. The highest BCUT2D eigenvalue weighted by molar-refractivity contribution is 6.23. The molecule has 5 heteroatoms. The normalized spacial score (nSPS) is 11.8. The van der Waals surface area contributed by atoms with Crippen molar-refractivity contribution in [1.82, 2.24) is 19.1 Å². The minimum Gasteiger partial charge on any atom is -0.309 e. The molecule has 0 saturated heterocycles. The van der Waals surface area contributed by atoms with Gasteiger partial charge in [0.25, 0.3) is 0 Å². The van der Waals surface area contributed by atoms with E-state index < -0.39 is 0 Å². The first kappa shape index (κ1) is 32.2. The highest BCUT2D eigenvalue weighted by atomic mass is 15.1.